The van der Waals surface area contributed by atoms with Gasteiger partial charge in [0.2, 0.25) is 0 Å². The first-order valence-corrected chi connectivity index (χ1v) is 7.05. The monoisotopic (exact) mass is 294 g/mol. The van der Waals surface area contributed by atoms with Crippen molar-refractivity contribution >= 4 is 11.6 Å². The lowest BCUT2D eigenvalue weighted by Crippen LogP contribution is -2.36. The molecular weight excluding hydrogens is 272 g/mol. The highest BCUT2D eigenvalue weighted by Crippen LogP contribution is 2.25. The predicted molar refractivity (Wildman–Crippen MR) is 80.3 cm³/mol. The van der Waals surface area contributed by atoms with E-state index in [0.29, 0.717) is 5.92 Å². The normalized spacial score (nSPS) is 12.0. The number of para-hydroxylation sites is 2. The minimum absolute atomic E-state index is 0.0641. The molecule has 0 radical (unpaired) electrons. The van der Waals surface area contributed by atoms with Crippen LogP contribution in [0, 0.1) is 16.0 Å². The summed E-state index contributed by atoms with van der Waals surface area (Å²) in [6.07, 6.45) is 1.93. The van der Waals surface area contributed by atoms with E-state index in [9.17, 15) is 14.9 Å². The fraction of sp³-hybridized carbons (Fsp3) is 0.533. The Bertz CT molecular complexity index is 488. The topological polar surface area (TPSA) is 81.5 Å². The van der Waals surface area contributed by atoms with E-state index in [2.05, 4.69) is 19.2 Å². The number of hydrogen-bond acceptors (Lipinski definition) is 4. The van der Waals surface area contributed by atoms with Crippen LogP contribution in [0.5, 0.6) is 5.75 Å². The number of ether oxygens (including phenoxy) is 1. The molecule has 0 aliphatic rings. The molecule has 1 N–H and O–H groups in total. The van der Waals surface area contributed by atoms with Gasteiger partial charge in [0.1, 0.15) is 0 Å². The summed E-state index contributed by atoms with van der Waals surface area (Å²) in [5, 5.41) is 13.6. The van der Waals surface area contributed by atoms with Gasteiger partial charge in [-0.1, -0.05) is 26.0 Å². The van der Waals surface area contributed by atoms with Gasteiger partial charge < -0.3 is 10.1 Å². The van der Waals surface area contributed by atoms with E-state index in [0.717, 1.165) is 12.8 Å². The second-order valence-electron chi connectivity index (χ2n) is 5.45. The number of rotatable bonds is 8. The molecule has 0 heterocycles. The van der Waals surface area contributed by atoms with Crippen LogP contribution in [0.1, 0.15) is 33.6 Å². The molecule has 0 aliphatic carbocycles. The molecule has 1 atom stereocenters. The summed E-state index contributed by atoms with van der Waals surface area (Å²) in [5.74, 6) is 0.421. The van der Waals surface area contributed by atoms with E-state index in [1.54, 1.807) is 12.1 Å². The van der Waals surface area contributed by atoms with Crippen molar-refractivity contribution in [1.82, 2.24) is 5.32 Å². The molecule has 0 aromatic heterocycles. The smallest absolute Gasteiger partial charge is 0.310 e. The van der Waals surface area contributed by atoms with Gasteiger partial charge >= 0.3 is 5.69 Å². The highest BCUT2D eigenvalue weighted by molar-refractivity contribution is 5.77. The van der Waals surface area contributed by atoms with Gasteiger partial charge in [-0.05, 0) is 31.7 Å². The summed E-state index contributed by atoms with van der Waals surface area (Å²) in [6, 6.07) is 6.07. The van der Waals surface area contributed by atoms with Crippen molar-refractivity contribution in [3.63, 3.8) is 0 Å². The van der Waals surface area contributed by atoms with Crippen LogP contribution in [-0.2, 0) is 4.79 Å². The van der Waals surface area contributed by atoms with Gasteiger partial charge in [-0.25, -0.2) is 0 Å². The van der Waals surface area contributed by atoms with Crippen LogP contribution < -0.4 is 10.1 Å². The van der Waals surface area contributed by atoms with Crippen molar-refractivity contribution in [2.45, 2.75) is 39.7 Å². The summed E-state index contributed by atoms with van der Waals surface area (Å²) >= 11 is 0. The first-order valence-electron chi connectivity index (χ1n) is 7.05. The second-order valence-corrected chi connectivity index (χ2v) is 5.45. The fourth-order valence-corrected chi connectivity index (χ4v) is 1.85. The standard InChI is InChI=1S/C15H22N2O4/c1-11(2)8-9-12(3)16-15(18)10-21-14-7-5-4-6-13(14)17(19)20/h4-7,11-12H,8-10H2,1-3H3,(H,16,18)/t12-/m1/s1. The largest absolute Gasteiger partial charge is 0.477 e. The molecule has 0 aliphatic heterocycles. The van der Waals surface area contributed by atoms with Crippen LogP contribution in [0.4, 0.5) is 5.69 Å². The van der Waals surface area contributed by atoms with E-state index >= 15 is 0 Å². The van der Waals surface area contributed by atoms with Crippen LogP contribution in [-0.4, -0.2) is 23.5 Å². The first-order chi connectivity index (χ1) is 9.90. The molecule has 0 bridgehead atoms. The Balaban J connectivity index is 2.45. The molecule has 0 spiro atoms. The average Bonchev–Trinajstić information content (AvgIpc) is 2.43. The van der Waals surface area contributed by atoms with Gasteiger partial charge in [-0.15, -0.1) is 0 Å². The summed E-state index contributed by atoms with van der Waals surface area (Å²) in [5.41, 5.74) is -0.141. The quantitative estimate of drug-likeness (QED) is 0.590. The molecule has 6 heteroatoms. The number of hydrogen-bond donors (Lipinski definition) is 1. The predicted octanol–water partition coefficient (Wildman–Crippen LogP) is 2.91. The van der Waals surface area contributed by atoms with E-state index in [1.807, 2.05) is 6.92 Å². The molecule has 116 valence electrons. The zero-order valence-electron chi connectivity index (χ0n) is 12.7. The van der Waals surface area contributed by atoms with Gasteiger partial charge in [0.15, 0.2) is 12.4 Å². The molecule has 1 rings (SSSR count). The van der Waals surface area contributed by atoms with Gasteiger partial charge in [0, 0.05) is 12.1 Å². The number of benzene rings is 1. The average molecular weight is 294 g/mol. The first kappa shape index (κ1) is 16.9. The van der Waals surface area contributed by atoms with Gasteiger partial charge in [0.05, 0.1) is 4.92 Å². The second kappa shape index (κ2) is 8.24. The Hall–Kier alpha value is -2.11. The zero-order valence-corrected chi connectivity index (χ0v) is 12.7. The number of nitrogens with one attached hydrogen (secondary N) is 1. The Kier molecular flexibility index (Phi) is 6.65. The van der Waals surface area contributed by atoms with Crippen LogP contribution >= 0.6 is 0 Å². The van der Waals surface area contributed by atoms with E-state index in [-0.39, 0.29) is 30.0 Å². The van der Waals surface area contributed by atoms with Crippen LogP contribution in [0.2, 0.25) is 0 Å². The number of carbonyl (C=O) groups excluding carboxylic acids is 1. The Labute approximate surface area is 124 Å². The summed E-state index contributed by atoms with van der Waals surface area (Å²) in [4.78, 5) is 22.0. The zero-order chi connectivity index (χ0) is 15.8. The van der Waals surface area contributed by atoms with Crippen LogP contribution in [0.15, 0.2) is 24.3 Å². The Morgan fingerprint density at radius 2 is 1.95 bits per heavy atom. The van der Waals surface area contributed by atoms with E-state index in [4.69, 9.17) is 4.74 Å². The number of nitro groups is 1. The molecule has 0 saturated heterocycles. The highest BCUT2D eigenvalue weighted by Gasteiger charge is 2.15. The molecule has 1 aromatic carbocycles. The van der Waals surface area contributed by atoms with E-state index in [1.165, 1.54) is 12.1 Å². The van der Waals surface area contributed by atoms with Crippen molar-refractivity contribution in [2.75, 3.05) is 6.61 Å². The minimum atomic E-state index is -0.529. The number of nitro benzene ring substituents is 1. The van der Waals surface area contributed by atoms with Crippen LogP contribution in [0.25, 0.3) is 0 Å². The SMILES string of the molecule is CC(C)CC[C@@H](C)NC(=O)COc1ccccc1[N+](=O)[O-]. The van der Waals surface area contributed by atoms with Crippen molar-refractivity contribution < 1.29 is 14.5 Å². The summed E-state index contributed by atoms with van der Waals surface area (Å²) < 4.78 is 5.23. The maximum atomic E-state index is 11.7. The lowest BCUT2D eigenvalue weighted by Gasteiger charge is -2.15. The lowest BCUT2D eigenvalue weighted by atomic mass is 10.0. The number of carbonyl (C=O) groups is 1. The molecule has 1 aromatic rings. The van der Waals surface area contributed by atoms with Crippen molar-refractivity contribution in [1.29, 1.82) is 0 Å². The maximum Gasteiger partial charge on any atom is 0.310 e. The summed E-state index contributed by atoms with van der Waals surface area (Å²) in [7, 11) is 0. The third-order valence-electron chi connectivity index (χ3n) is 3.01. The van der Waals surface area contributed by atoms with Gasteiger partial charge in [-0.3, -0.25) is 14.9 Å². The third kappa shape index (κ3) is 6.25. The molecular formula is C15H22N2O4. The molecule has 0 fully saturated rings. The fourth-order valence-electron chi connectivity index (χ4n) is 1.85. The van der Waals surface area contributed by atoms with Crippen molar-refractivity contribution in [3.8, 4) is 5.75 Å². The Morgan fingerprint density at radius 3 is 2.57 bits per heavy atom. The Morgan fingerprint density at radius 1 is 1.29 bits per heavy atom. The summed E-state index contributed by atoms with van der Waals surface area (Å²) in [6.45, 7) is 5.97. The number of amides is 1. The molecule has 6 nitrogen and oxygen atoms in total. The highest BCUT2D eigenvalue weighted by atomic mass is 16.6. The third-order valence-corrected chi connectivity index (χ3v) is 3.01. The maximum absolute atomic E-state index is 11.7. The molecule has 0 unspecified atom stereocenters. The molecule has 0 saturated carbocycles. The van der Waals surface area contributed by atoms with Gasteiger partial charge in [0.25, 0.3) is 5.91 Å². The van der Waals surface area contributed by atoms with E-state index < -0.39 is 4.92 Å². The molecule has 1 amide bonds. The molecule has 21 heavy (non-hydrogen) atoms. The lowest BCUT2D eigenvalue weighted by molar-refractivity contribution is -0.385. The van der Waals surface area contributed by atoms with Crippen molar-refractivity contribution in [2.24, 2.45) is 5.92 Å². The van der Waals surface area contributed by atoms with Crippen molar-refractivity contribution in [3.05, 3.63) is 34.4 Å². The minimum Gasteiger partial charge on any atom is -0.477 e. The van der Waals surface area contributed by atoms with Gasteiger partial charge in [-0.2, -0.15) is 0 Å². The van der Waals surface area contributed by atoms with Crippen LogP contribution in [0.3, 0.4) is 0 Å². The number of nitrogens with zero attached hydrogens (tertiary/aromatic N) is 1.